The fourth-order valence-electron chi connectivity index (χ4n) is 1.38. The van der Waals surface area contributed by atoms with Gasteiger partial charge in [-0.05, 0) is 13.8 Å². The molecular weight excluding hydrogens is 318 g/mol. The summed E-state index contributed by atoms with van der Waals surface area (Å²) in [5, 5.41) is 16.0. The Morgan fingerprint density at radius 1 is 1.00 bits per heavy atom. The molecule has 0 aromatic carbocycles. The topological polar surface area (TPSA) is 134 Å². The lowest BCUT2D eigenvalue weighted by Gasteiger charge is -2.18. The van der Waals surface area contributed by atoms with E-state index in [1.54, 1.807) is 34.6 Å². The number of rotatable bonds is 9. The van der Waals surface area contributed by atoms with Gasteiger partial charge in [-0.1, -0.05) is 20.8 Å². The molecule has 4 N–H and O–H groups in total. The number of carboxylic acid groups (broad SMARTS) is 1. The molecule has 138 valence electrons. The molecule has 0 unspecified atom stereocenters. The second-order valence-electron chi connectivity index (χ2n) is 6.55. The molecule has 0 saturated carbocycles. The van der Waals surface area contributed by atoms with Crippen molar-refractivity contribution in [2.24, 2.45) is 5.41 Å². The molecule has 0 aromatic rings. The van der Waals surface area contributed by atoms with Gasteiger partial charge in [-0.3, -0.25) is 14.4 Å². The number of nitrogens with one attached hydrogen (secondary N) is 3. The lowest BCUT2D eigenvalue weighted by Crippen LogP contribution is -2.49. The summed E-state index contributed by atoms with van der Waals surface area (Å²) in [6, 6.07) is -1.20. The maximum absolute atomic E-state index is 11.7. The molecule has 0 radical (unpaired) electrons. The van der Waals surface area contributed by atoms with E-state index in [0.29, 0.717) is 0 Å². The maximum Gasteiger partial charge on any atom is 0.328 e. The van der Waals surface area contributed by atoms with E-state index in [0.717, 1.165) is 0 Å². The van der Waals surface area contributed by atoms with Crippen LogP contribution in [0.5, 0.6) is 0 Å². The minimum Gasteiger partial charge on any atom is -0.480 e. The van der Waals surface area contributed by atoms with Gasteiger partial charge in [-0.25, -0.2) is 4.79 Å². The average molecular weight is 345 g/mol. The second-order valence-corrected chi connectivity index (χ2v) is 6.55. The van der Waals surface area contributed by atoms with Crippen LogP contribution >= 0.6 is 0 Å². The van der Waals surface area contributed by atoms with Crippen LogP contribution in [0.1, 0.15) is 34.6 Å². The van der Waals surface area contributed by atoms with Crippen LogP contribution in [0.3, 0.4) is 0 Å². The predicted octanol–water partition coefficient (Wildman–Crippen LogP) is -0.741. The van der Waals surface area contributed by atoms with Gasteiger partial charge in [0, 0.05) is 5.41 Å². The molecule has 24 heavy (non-hydrogen) atoms. The molecule has 0 fully saturated rings. The van der Waals surface area contributed by atoms with Gasteiger partial charge in [0.15, 0.2) is 6.04 Å². The molecule has 0 aromatic heterocycles. The van der Waals surface area contributed by atoms with Gasteiger partial charge < -0.3 is 25.8 Å². The third kappa shape index (κ3) is 9.78. The molecule has 9 heteroatoms. The number of carbonyl (C=O) groups excluding carboxylic acids is 3. The predicted molar refractivity (Wildman–Crippen MR) is 86.1 cm³/mol. The molecule has 1 atom stereocenters. The Kier molecular flexibility index (Phi) is 8.97. The molecule has 0 spiro atoms. The Balaban J connectivity index is 4.20. The van der Waals surface area contributed by atoms with E-state index >= 15 is 0 Å². The highest BCUT2D eigenvalue weighted by atomic mass is 16.5. The summed E-state index contributed by atoms with van der Waals surface area (Å²) in [6.45, 7) is 7.78. The van der Waals surface area contributed by atoms with Crippen molar-refractivity contribution in [2.45, 2.75) is 46.8 Å². The summed E-state index contributed by atoms with van der Waals surface area (Å²) in [7, 11) is 0. The first-order valence-electron chi connectivity index (χ1n) is 7.62. The molecule has 9 nitrogen and oxygen atoms in total. The Morgan fingerprint density at radius 3 is 2.00 bits per heavy atom. The van der Waals surface area contributed by atoms with Crippen LogP contribution in [-0.4, -0.2) is 60.6 Å². The SMILES string of the molecule is CC(C)OC[C@H](NC(=O)CNC(=O)CNC(=O)C(C)(C)C)C(=O)O. The fraction of sp³-hybridized carbons (Fsp3) is 0.733. The zero-order chi connectivity index (χ0) is 18.9. The average Bonchev–Trinajstić information content (AvgIpc) is 2.45. The number of carboxylic acids is 1. The van der Waals surface area contributed by atoms with Crippen molar-refractivity contribution >= 4 is 23.7 Å². The number of aliphatic carboxylic acids is 1. The lowest BCUT2D eigenvalue weighted by molar-refractivity contribution is -0.144. The zero-order valence-electron chi connectivity index (χ0n) is 14.8. The summed E-state index contributed by atoms with van der Waals surface area (Å²) in [5.74, 6) is -2.73. The van der Waals surface area contributed by atoms with Gasteiger partial charge in [-0.2, -0.15) is 0 Å². The maximum atomic E-state index is 11.7. The Bertz CT molecular complexity index is 470. The highest BCUT2D eigenvalue weighted by Crippen LogP contribution is 2.11. The van der Waals surface area contributed by atoms with Crippen molar-refractivity contribution in [1.29, 1.82) is 0 Å². The summed E-state index contributed by atoms with van der Waals surface area (Å²) in [4.78, 5) is 45.9. The molecule has 3 amide bonds. The summed E-state index contributed by atoms with van der Waals surface area (Å²) in [5.41, 5.74) is -0.622. The van der Waals surface area contributed by atoms with Crippen molar-refractivity contribution < 1.29 is 29.0 Å². The number of hydrogen-bond acceptors (Lipinski definition) is 5. The summed E-state index contributed by atoms with van der Waals surface area (Å²) >= 11 is 0. The number of hydrogen-bond donors (Lipinski definition) is 4. The normalized spacial score (nSPS) is 12.4. The molecule has 0 saturated heterocycles. The van der Waals surface area contributed by atoms with Gasteiger partial charge in [0.05, 0.1) is 25.8 Å². The van der Waals surface area contributed by atoms with Gasteiger partial charge in [0.2, 0.25) is 17.7 Å². The van der Waals surface area contributed by atoms with E-state index in [2.05, 4.69) is 16.0 Å². The molecule has 0 aliphatic carbocycles. The van der Waals surface area contributed by atoms with Gasteiger partial charge in [0.1, 0.15) is 0 Å². The second kappa shape index (κ2) is 9.86. The van der Waals surface area contributed by atoms with E-state index in [9.17, 15) is 19.2 Å². The lowest BCUT2D eigenvalue weighted by atomic mass is 9.96. The summed E-state index contributed by atoms with van der Waals surface area (Å²) < 4.78 is 5.16. The van der Waals surface area contributed by atoms with Gasteiger partial charge in [-0.15, -0.1) is 0 Å². The number of ether oxygens (including phenoxy) is 1. The standard InChI is InChI=1S/C15H27N3O6/c1-9(2)24-8-10(13(21)22)18-12(20)7-16-11(19)6-17-14(23)15(3,4)5/h9-10H,6-8H2,1-5H3,(H,16,19)(H,17,23)(H,18,20)(H,21,22)/t10-/m0/s1. The minimum atomic E-state index is -1.23. The molecule has 0 heterocycles. The van der Waals surface area contributed by atoms with E-state index in [1.807, 2.05) is 0 Å². The Labute approximate surface area is 141 Å². The van der Waals surface area contributed by atoms with Crippen LogP contribution in [0.15, 0.2) is 0 Å². The first-order valence-corrected chi connectivity index (χ1v) is 7.62. The van der Waals surface area contributed by atoms with E-state index in [-0.39, 0.29) is 25.2 Å². The van der Waals surface area contributed by atoms with Gasteiger partial charge >= 0.3 is 5.97 Å². The van der Waals surface area contributed by atoms with Crippen molar-refractivity contribution in [3.63, 3.8) is 0 Å². The zero-order valence-corrected chi connectivity index (χ0v) is 14.8. The third-order valence-electron chi connectivity index (χ3n) is 2.77. The smallest absolute Gasteiger partial charge is 0.328 e. The van der Waals surface area contributed by atoms with Gasteiger partial charge in [0.25, 0.3) is 0 Å². The monoisotopic (exact) mass is 345 g/mol. The van der Waals surface area contributed by atoms with E-state index < -0.39 is 35.8 Å². The minimum absolute atomic E-state index is 0.171. The van der Waals surface area contributed by atoms with Crippen LogP contribution in [0.25, 0.3) is 0 Å². The molecule has 0 aliphatic rings. The summed E-state index contributed by atoms with van der Waals surface area (Å²) in [6.07, 6.45) is -0.171. The Morgan fingerprint density at radius 2 is 1.54 bits per heavy atom. The number of carbonyl (C=O) groups is 4. The van der Waals surface area contributed by atoms with Crippen LogP contribution < -0.4 is 16.0 Å². The first-order chi connectivity index (χ1) is 10.9. The van der Waals surface area contributed by atoms with Crippen LogP contribution in [0.4, 0.5) is 0 Å². The third-order valence-corrected chi connectivity index (χ3v) is 2.77. The van der Waals surface area contributed by atoms with Crippen molar-refractivity contribution in [3.05, 3.63) is 0 Å². The molecule has 0 rings (SSSR count). The fourth-order valence-corrected chi connectivity index (χ4v) is 1.38. The van der Waals surface area contributed by atoms with Crippen molar-refractivity contribution in [3.8, 4) is 0 Å². The highest BCUT2D eigenvalue weighted by Gasteiger charge is 2.22. The largest absolute Gasteiger partial charge is 0.480 e. The molecular formula is C15H27N3O6. The van der Waals surface area contributed by atoms with Crippen LogP contribution in [0, 0.1) is 5.41 Å². The Hall–Kier alpha value is -2.16. The van der Waals surface area contributed by atoms with E-state index in [1.165, 1.54) is 0 Å². The van der Waals surface area contributed by atoms with Crippen molar-refractivity contribution in [2.75, 3.05) is 19.7 Å². The van der Waals surface area contributed by atoms with Crippen LogP contribution in [0.2, 0.25) is 0 Å². The molecule has 0 aliphatic heterocycles. The quantitative estimate of drug-likeness (QED) is 0.435. The highest BCUT2D eigenvalue weighted by molar-refractivity contribution is 5.90. The molecule has 0 bridgehead atoms. The first kappa shape index (κ1) is 21.8. The van der Waals surface area contributed by atoms with Crippen molar-refractivity contribution in [1.82, 2.24) is 16.0 Å². The van der Waals surface area contributed by atoms with Crippen LogP contribution in [-0.2, 0) is 23.9 Å². The van der Waals surface area contributed by atoms with E-state index in [4.69, 9.17) is 9.84 Å². The number of amides is 3.